The van der Waals surface area contributed by atoms with Gasteiger partial charge in [-0.05, 0) is 26.7 Å². The van der Waals surface area contributed by atoms with Crippen LogP contribution in [0.4, 0.5) is 0 Å². The van der Waals surface area contributed by atoms with E-state index in [-0.39, 0.29) is 17.5 Å². The van der Waals surface area contributed by atoms with Crippen molar-refractivity contribution in [2.45, 2.75) is 65.8 Å². The van der Waals surface area contributed by atoms with Gasteiger partial charge in [-0.1, -0.05) is 33.1 Å². The molecule has 4 heteroatoms. The highest BCUT2D eigenvalue weighted by molar-refractivity contribution is 6.01. The van der Waals surface area contributed by atoms with Gasteiger partial charge in [0.2, 0.25) is 5.91 Å². The molecule has 4 nitrogen and oxygen atoms in total. The first-order chi connectivity index (χ1) is 8.43. The van der Waals surface area contributed by atoms with E-state index in [1.54, 1.807) is 6.92 Å². The van der Waals surface area contributed by atoms with Gasteiger partial charge in [-0.25, -0.2) is 4.79 Å². The maximum atomic E-state index is 11.9. The molecular formula is C14H25NO3. The molecule has 0 radical (unpaired) electrons. The van der Waals surface area contributed by atoms with Gasteiger partial charge in [-0.3, -0.25) is 4.79 Å². The third-order valence-corrected chi connectivity index (χ3v) is 3.10. The van der Waals surface area contributed by atoms with Crippen LogP contribution in [0.5, 0.6) is 0 Å². The Bertz CT molecular complexity index is 321. The molecule has 1 atom stereocenters. The molecular weight excluding hydrogens is 230 g/mol. The second-order valence-electron chi connectivity index (χ2n) is 4.66. The van der Waals surface area contributed by atoms with E-state index < -0.39 is 5.97 Å². The topological polar surface area (TPSA) is 66.4 Å². The number of nitrogens with one attached hydrogen (secondary N) is 1. The monoisotopic (exact) mass is 255 g/mol. The molecule has 0 bridgehead atoms. The lowest BCUT2D eigenvalue weighted by molar-refractivity contribution is -0.133. The normalized spacial score (nSPS) is 13.8. The largest absolute Gasteiger partial charge is 0.478 e. The Hall–Kier alpha value is -1.32. The second kappa shape index (κ2) is 8.72. The Balaban J connectivity index is 4.58. The molecule has 0 aliphatic rings. The first-order valence-corrected chi connectivity index (χ1v) is 6.65. The van der Waals surface area contributed by atoms with Crippen LogP contribution in [-0.4, -0.2) is 23.0 Å². The number of hydrogen-bond acceptors (Lipinski definition) is 2. The average Bonchev–Trinajstić information content (AvgIpc) is 2.34. The summed E-state index contributed by atoms with van der Waals surface area (Å²) in [5, 5.41) is 11.8. The van der Waals surface area contributed by atoms with Gasteiger partial charge < -0.3 is 10.4 Å². The Morgan fingerprint density at radius 1 is 1.06 bits per heavy atom. The molecule has 0 rings (SSSR count). The lowest BCUT2D eigenvalue weighted by Crippen LogP contribution is -2.35. The molecule has 2 N–H and O–H groups in total. The van der Waals surface area contributed by atoms with Crippen LogP contribution in [-0.2, 0) is 9.59 Å². The molecule has 0 saturated carbocycles. The first-order valence-electron chi connectivity index (χ1n) is 6.65. The zero-order valence-electron chi connectivity index (χ0n) is 11.9. The highest BCUT2D eigenvalue weighted by Crippen LogP contribution is 2.09. The van der Waals surface area contributed by atoms with Crippen molar-refractivity contribution in [3.63, 3.8) is 0 Å². The molecule has 0 spiro atoms. The van der Waals surface area contributed by atoms with Crippen molar-refractivity contribution in [3.05, 3.63) is 11.1 Å². The molecule has 18 heavy (non-hydrogen) atoms. The number of unbranched alkanes of at least 4 members (excludes halogenated alkanes) is 1. The Kier molecular flexibility index (Phi) is 8.08. The molecule has 0 aliphatic carbocycles. The quantitative estimate of drug-likeness (QED) is 0.655. The van der Waals surface area contributed by atoms with E-state index in [9.17, 15) is 9.59 Å². The number of carboxylic acids is 1. The van der Waals surface area contributed by atoms with Gasteiger partial charge in [0.25, 0.3) is 0 Å². The molecule has 0 saturated heterocycles. The van der Waals surface area contributed by atoms with Gasteiger partial charge in [0.05, 0.1) is 0 Å². The van der Waals surface area contributed by atoms with Gasteiger partial charge in [-0.2, -0.15) is 0 Å². The van der Waals surface area contributed by atoms with Crippen LogP contribution in [0, 0.1) is 0 Å². The van der Waals surface area contributed by atoms with Crippen molar-refractivity contribution in [2.75, 3.05) is 0 Å². The molecule has 0 aromatic heterocycles. The molecule has 0 aromatic carbocycles. The van der Waals surface area contributed by atoms with E-state index in [1.165, 1.54) is 6.92 Å². The fourth-order valence-corrected chi connectivity index (χ4v) is 1.71. The van der Waals surface area contributed by atoms with Crippen molar-refractivity contribution in [2.24, 2.45) is 0 Å². The van der Waals surface area contributed by atoms with Crippen LogP contribution in [0.25, 0.3) is 0 Å². The number of carboxylic acid groups (broad SMARTS) is 1. The van der Waals surface area contributed by atoms with Crippen LogP contribution < -0.4 is 5.32 Å². The van der Waals surface area contributed by atoms with E-state index in [0.717, 1.165) is 32.1 Å². The highest BCUT2D eigenvalue weighted by Gasteiger charge is 2.16. The SMILES string of the molecule is CCCCC(CCC)NC(=O)C(C)=C(C)C(=O)O. The van der Waals surface area contributed by atoms with E-state index in [2.05, 4.69) is 19.2 Å². The van der Waals surface area contributed by atoms with Crippen molar-refractivity contribution in [1.82, 2.24) is 5.32 Å². The van der Waals surface area contributed by atoms with Gasteiger partial charge >= 0.3 is 5.97 Å². The molecule has 1 unspecified atom stereocenters. The number of carbonyl (C=O) groups excluding carboxylic acids is 1. The summed E-state index contributed by atoms with van der Waals surface area (Å²) in [7, 11) is 0. The fraction of sp³-hybridized carbons (Fsp3) is 0.714. The standard InChI is InChI=1S/C14H25NO3/c1-5-7-9-12(8-6-2)15-13(16)10(3)11(4)14(17)18/h12H,5-9H2,1-4H3,(H,15,16)(H,17,18). The molecule has 0 heterocycles. The van der Waals surface area contributed by atoms with Crippen molar-refractivity contribution < 1.29 is 14.7 Å². The van der Waals surface area contributed by atoms with Crippen LogP contribution in [0.3, 0.4) is 0 Å². The summed E-state index contributed by atoms with van der Waals surface area (Å²) in [6, 6.07) is 0.152. The summed E-state index contributed by atoms with van der Waals surface area (Å²) in [6.07, 6.45) is 5.07. The predicted molar refractivity (Wildman–Crippen MR) is 72.4 cm³/mol. The van der Waals surface area contributed by atoms with Crippen LogP contribution in [0.15, 0.2) is 11.1 Å². The van der Waals surface area contributed by atoms with Gasteiger partial charge in [0, 0.05) is 17.2 Å². The number of carbonyl (C=O) groups is 2. The lowest BCUT2D eigenvalue weighted by atomic mass is 10.0. The number of aliphatic carboxylic acids is 1. The van der Waals surface area contributed by atoms with E-state index >= 15 is 0 Å². The number of rotatable bonds is 8. The molecule has 0 fully saturated rings. The van der Waals surface area contributed by atoms with Crippen molar-refractivity contribution in [1.29, 1.82) is 0 Å². The van der Waals surface area contributed by atoms with Gasteiger partial charge in [0.15, 0.2) is 0 Å². The average molecular weight is 255 g/mol. The van der Waals surface area contributed by atoms with E-state index in [4.69, 9.17) is 5.11 Å². The minimum atomic E-state index is -1.04. The zero-order chi connectivity index (χ0) is 14.1. The third kappa shape index (κ3) is 5.84. The third-order valence-electron chi connectivity index (χ3n) is 3.10. The Morgan fingerprint density at radius 2 is 1.67 bits per heavy atom. The first kappa shape index (κ1) is 16.7. The summed E-state index contributed by atoms with van der Waals surface area (Å²) in [6.45, 7) is 7.21. The predicted octanol–water partition coefficient (Wildman–Crippen LogP) is 2.88. The van der Waals surface area contributed by atoms with Crippen molar-refractivity contribution >= 4 is 11.9 Å². The minimum absolute atomic E-state index is 0.109. The molecule has 0 aliphatic heterocycles. The summed E-state index contributed by atoms with van der Waals surface area (Å²) >= 11 is 0. The van der Waals surface area contributed by atoms with Crippen LogP contribution in [0.2, 0.25) is 0 Å². The highest BCUT2D eigenvalue weighted by atomic mass is 16.4. The van der Waals surface area contributed by atoms with E-state index in [0.29, 0.717) is 5.57 Å². The molecule has 104 valence electrons. The summed E-state index contributed by atoms with van der Waals surface area (Å²) in [5.41, 5.74) is 0.401. The minimum Gasteiger partial charge on any atom is -0.478 e. The molecule has 0 aromatic rings. The molecule has 1 amide bonds. The smallest absolute Gasteiger partial charge is 0.331 e. The van der Waals surface area contributed by atoms with Crippen LogP contribution >= 0.6 is 0 Å². The second-order valence-corrected chi connectivity index (χ2v) is 4.66. The summed E-state index contributed by atoms with van der Waals surface area (Å²) in [5.74, 6) is -1.30. The number of hydrogen-bond donors (Lipinski definition) is 2. The zero-order valence-corrected chi connectivity index (χ0v) is 11.9. The maximum absolute atomic E-state index is 11.9. The maximum Gasteiger partial charge on any atom is 0.331 e. The summed E-state index contributed by atoms with van der Waals surface area (Å²) < 4.78 is 0. The van der Waals surface area contributed by atoms with E-state index in [1.807, 2.05) is 0 Å². The van der Waals surface area contributed by atoms with Gasteiger partial charge in [-0.15, -0.1) is 0 Å². The fourth-order valence-electron chi connectivity index (χ4n) is 1.71. The van der Waals surface area contributed by atoms with Crippen LogP contribution in [0.1, 0.15) is 59.8 Å². The Morgan fingerprint density at radius 3 is 2.11 bits per heavy atom. The summed E-state index contributed by atoms with van der Waals surface area (Å²) in [4.78, 5) is 22.7. The number of amides is 1. The lowest BCUT2D eigenvalue weighted by Gasteiger charge is -2.18. The van der Waals surface area contributed by atoms with Crippen molar-refractivity contribution in [3.8, 4) is 0 Å². The van der Waals surface area contributed by atoms with Gasteiger partial charge in [0.1, 0.15) is 0 Å². The Labute approximate surface area is 109 Å².